The van der Waals surface area contributed by atoms with E-state index in [-0.39, 0.29) is 12.5 Å². The largest absolute Gasteiger partial charge is 0.480 e. The molecule has 0 spiro atoms. The Labute approximate surface area is 312 Å². The van der Waals surface area contributed by atoms with E-state index in [1.807, 2.05) is 173 Å². The highest BCUT2D eigenvalue weighted by Gasteiger charge is 2.48. The third kappa shape index (κ3) is 7.54. The molecule has 5 aromatic carbocycles. The van der Waals surface area contributed by atoms with Crippen LogP contribution in [0, 0.1) is 0 Å². The molecule has 0 saturated heterocycles. The molecule has 0 bridgehead atoms. The lowest BCUT2D eigenvalue weighted by Gasteiger charge is -2.42. The molecule has 2 atom stereocenters. The smallest absolute Gasteiger partial charge is 0.407 e. The van der Waals surface area contributed by atoms with Gasteiger partial charge in [-0.1, -0.05) is 160 Å². The van der Waals surface area contributed by atoms with Crippen LogP contribution in [0.4, 0.5) is 4.79 Å². The minimum absolute atomic E-state index is 0.0225. The minimum atomic E-state index is -2.84. The highest BCUT2D eigenvalue weighted by atomic mass is 28.4. The normalized spacial score (nSPS) is 14.0. The van der Waals surface area contributed by atoms with Crippen LogP contribution in [0.2, 0.25) is 18.1 Å². The Morgan fingerprint density at radius 2 is 1.09 bits per heavy atom. The number of fused-ring (bicyclic) bond motifs is 3. The summed E-state index contributed by atoms with van der Waals surface area (Å²) in [6.45, 7) is 9.88. The lowest BCUT2D eigenvalue weighted by atomic mass is 9.76. The van der Waals surface area contributed by atoms with Crippen molar-refractivity contribution in [2.24, 2.45) is 0 Å². The summed E-state index contributed by atoms with van der Waals surface area (Å²) < 4.78 is 12.5. The molecule has 0 fully saturated rings. The summed E-state index contributed by atoms with van der Waals surface area (Å²) in [7, 11) is -2.84. The SMILES string of the molecule is CC(C)(C)[Si](C)(C)O[C@@H](C(=O)NC(c1ccccc1)(c1ccccc1)c1ccccc1)[C@@H](NC(=O)OCC1c2ccccc2-c2ccccc21)C(=O)O. The summed E-state index contributed by atoms with van der Waals surface area (Å²) in [5.74, 6) is -2.36. The minimum Gasteiger partial charge on any atom is -0.480 e. The predicted octanol–water partition coefficient (Wildman–Crippen LogP) is 8.48. The molecule has 0 aliphatic heterocycles. The van der Waals surface area contributed by atoms with Crippen LogP contribution in [0.1, 0.15) is 54.5 Å². The molecule has 0 heterocycles. The number of hydrogen-bond donors (Lipinski definition) is 3. The van der Waals surface area contributed by atoms with Crippen LogP contribution in [0.15, 0.2) is 140 Å². The van der Waals surface area contributed by atoms with Gasteiger partial charge in [0.15, 0.2) is 20.5 Å². The third-order valence-electron chi connectivity index (χ3n) is 10.6. The molecule has 1 aliphatic rings. The summed E-state index contributed by atoms with van der Waals surface area (Å²) in [6.07, 6.45) is -2.58. The predicted molar refractivity (Wildman–Crippen MR) is 209 cm³/mol. The van der Waals surface area contributed by atoms with Gasteiger partial charge in [0.1, 0.15) is 12.1 Å². The molecule has 6 rings (SSSR count). The van der Waals surface area contributed by atoms with E-state index >= 15 is 0 Å². The number of carboxylic acids is 1. The number of aliphatic carboxylic acids is 1. The Kier molecular flexibility index (Phi) is 10.7. The molecule has 3 N–H and O–H groups in total. The van der Waals surface area contributed by atoms with Crippen LogP contribution in [-0.2, 0) is 24.3 Å². The maximum atomic E-state index is 15.0. The van der Waals surface area contributed by atoms with E-state index in [1.54, 1.807) is 0 Å². The van der Waals surface area contributed by atoms with Crippen LogP contribution < -0.4 is 10.6 Å². The highest BCUT2D eigenvalue weighted by Crippen LogP contribution is 2.45. The van der Waals surface area contributed by atoms with E-state index in [0.717, 1.165) is 38.9 Å². The molecule has 0 radical (unpaired) electrons. The lowest BCUT2D eigenvalue weighted by Crippen LogP contribution is -2.62. The number of carbonyl (C=O) groups excluding carboxylic acids is 2. The first kappa shape index (κ1) is 37.3. The van der Waals surface area contributed by atoms with Gasteiger partial charge in [-0.15, -0.1) is 0 Å². The number of alkyl carbamates (subject to hydrolysis) is 1. The van der Waals surface area contributed by atoms with E-state index in [9.17, 15) is 19.5 Å². The van der Waals surface area contributed by atoms with Crippen molar-refractivity contribution < 1.29 is 28.7 Å². The topological polar surface area (TPSA) is 114 Å². The van der Waals surface area contributed by atoms with Gasteiger partial charge >= 0.3 is 12.1 Å². The zero-order chi connectivity index (χ0) is 37.8. The van der Waals surface area contributed by atoms with Crippen molar-refractivity contribution in [3.05, 3.63) is 167 Å². The Hall–Kier alpha value is -5.51. The zero-order valence-electron chi connectivity index (χ0n) is 30.7. The highest BCUT2D eigenvalue weighted by molar-refractivity contribution is 6.74. The summed E-state index contributed by atoms with van der Waals surface area (Å²) in [4.78, 5) is 41.8. The molecular weight excluding hydrogens is 681 g/mol. The van der Waals surface area contributed by atoms with Crippen LogP contribution in [0.5, 0.6) is 0 Å². The number of rotatable bonds is 12. The molecule has 0 unspecified atom stereocenters. The second kappa shape index (κ2) is 15.2. The quantitative estimate of drug-likeness (QED) is 0.0878. The van der Waals surface area contributed by atoms with E-state index < -0.39 is 49.0 Å². The molecule has 0 aromatic heterocycles. The van der Waals surface area contributed by atoms with Crippen LogP contribution in [0.3, 0.4) is 0 Å². The first-order valence-corrected chi connectivity index (χ1v) is 20.7. The molecule has 1 aliphatic carbocycles. The fraction of sp³-hybridized carbons (Fsp3) is 0.250. The summed E-state index contributed by atoms with van der Waals surface area (Å²) in [5.41, 5.74) is 5.21. The number of ether oxygens (including phenoxy) is 1. The fourth-order valence-electron chi connectivity index (χ4n) is 6.84. The van der Waals surface area contributed by atoms with Gasteiger partial charge in [0, 0.05) is 5.92 Å². The van der Waals surface area contributed by atoms with Crippen LogP contribution in [-0.4, -0.2) is 50.1 Å². The van der Waals surface area contributed by atoms with Gasteiger partial charge in [0.2, 0.25) is 0 Å². The molecule has 53 heavy (non-hydrogen) atoms. The van der Waals surface area contributed by atoms with Gasteiger partial charge in [-0.25, -0.2) is 9.59 Å². The number of benzene rings is 5. The van der Waals surface area contributed by atoms with Crippen molar-refractivity contribution in [2.45, 2.75) is 62.5 Å². The Balaban J connectivity index is 1.36. The Morgan fingerprint density at radius 3 is 1.51 bits per heavy atom. The second-order valence-corrected chi connectivity index (χ2v) is 19.7. The van der Waals surface area contributed by atoms with Crippen molar-refractivity contribution in [3.8, 4) is 11.1 Å². The zero-order valence-corrected chi connectivity index (χ0v) is 31.7. The average molecular weight is 727 g/mol. The summed E-state index contributed by atoms with van der Waals surface area (Å²) in [6, 6.07) is 42.7. The van der Waals surface area contributed by atoms with E-state index in [0.29, 0.717) is 0 Å². The van der Waals surface area contributed by atoms with Crippen LogP contribution >= 0.6 is 0 Å². The number of carbonyl (C=O) groups is 3. The molecule has 5 aromatic rings. The van der Waals surface area contributed by atoms with Gasteiger partial charge < -0.3 is 24.9 Å². The van der Waals surface area contributed by atoms with Gasteiger partial charge in [0.25, 0.3) is 5.91 Å². The Bertz CT molecular complexity index is 1920. The van der Waals surface area contributed by atoms with Crippen molar-refractivity contribution in [1.82, 2.24) is 10.6 Å². The fourth-order valence-corrected chi connectivity index (χ4v) is 8.07. The van der Waals surface area contributed by atoms with Crippen molar-refractivity contribution >= 4 is 26.3 Å². The molecule has 2 amide bonds. The summed E-state index contributed by atoms with van der Waals surface area (Å²) >= 11 is 0. The molecule has 272 valence electrons. The number of carboxylic acid groups (broad SMARTS) is 1. The van der Waals surface area contributed by atoms with Gasteiger partial charge in [-0.05, 0) is 57.1 Å². The maximum absolute atomic E-state index is 15.0. The van der Waals surface area contributed by atoms with Gasteiger partial charge in [-0.3, -0.25) is 4.79 Å². The molecule has 0 saturated carbocycles. The summed E-state index contributed by atoms with van der Waals surface area (Å²) in [5, 5.41) is 16.1. The van der Waals surface area contributed by atoms with Crippen molar-refractivity contribution in [2.75, 3.05) is 6.61 Å². The number of amides is 2. The number of hydrogen-bond acceptors (Lipinski definition) is 5. The standard InChI is InChI=1S/C44H46N2O6Si/c1-43(2,3)53(4,5)52-39(38(41(48)49)45-42(50)51-29-37-35-27-17-15-25-33(35)34-26-16-18-28-36(34)37)40(47)46-44(30-19-9-6-10-20-30,31-21-11-7-12-22-31)32-23-13-8-14-24-32/h6-28,37-39H,29H2,1-5H3,(H,45,50)(H,46,47)(H,48,49)/t38-,39-/m1/s1. The van der Waals surface area contributed by atoms with Gasteiger partial charge in [0.05, 0.1) is 0 Å². The first-order valence-electron chi connectivity index (χ1n) is 17.8. The monoisotopic (exact) mass is 726 g/mol. The molecule has 9 heteroatoms. The average Bonchev–Trinajstić information content (AvgIpc) is 3.48. The van der Waals surface area contributed by atoms with E-state index in [1.165, 1.54) is 0 Å². The lowest BCUT2D eigenvalue weighted by molar-refractivity contribution is -0.147. The van der Waals surface area contributed by atoms with E-state index in [2.05, 4.69) is 10.6 Å². The van der Waals surface area contributed by atoms with Gasteiger partial charge in [-0.2, -0.15) is 0 Å². The maximum Gasteiger partial charge on any atom is 0.407 e. The van der Waals surface area contributed by atoms with Crippen molar-refractivity contribution in [1.29, 1.82) is 0 Å². The third-order valence-corrected chi connectivity index (χ3v) is 15.1. The Morgan fingerprint density at radius 1 is 0.679 bits per heavy atom. The molecular formula is C44H46N2O6Si. The second-order valence-electron chi connectivity index (χ2n) is 14.9. The molecule has 8 nitrogen and oxygen atoms in total. The van der Waals surface area contributed by atoms with Crippen LogP contribution in [0.25, 0.3) is 11.1 Å². The first-order chi connectivity index (χ1) is 25.3. The van der Waals surface area contributed by atoms with Crippen molar-refractivity contribution in [3.63, 3.8) is 0 Å². The van der Waals surface area contributed by atoms with E-state index in [4.69, 9.17) is 9.16 Å². The number of nitrogens with one attached hydrogen (secondary N) is 2.